The van der Waals surface area contributed by atoms with Crippen LogP contribution in [0.4, 0.5) is 0 Å². The second-order valence-corrected chi connectivity index (χ2v) is 3.38. The summed E-state index contributed by atoms with van der Waals surface area (Å²) in [7, 11) is 0. The van der Waals surface area contributed by atoms with Crippen LogP contribution in [-0.4, -0.2) is 21.5 Å². The van der Waals surface area contributed by atoms with E-state index in [-0.39, 0.29) is 18.0 Å². The summed E-state index contributed by atoms with van der Waals surface area (Å²) < 4.78 is 0. The Morgan fingerprint density at radius 1 is 1.27 bits per heavy atom. The largest absolute Gasteiger partial charge is 0.299 e. The Hall–Kier alpha value is -1.58. The fourth-order valence-corrected chi connectivity index (χ4v) is 1.31. The van der Waals surface area contributed by atoms with Crippen LogP contribution in [0.25, 0.3) is 0 Å². The zero-order valence-corrected chi connectivity index (χ0v) is 8.99. The standard InChI is InChI=1S/C11H14N2O2/c1-3-4-9(14)7-10(15)11-8(2)12-5-6-13-11/h5-6H,3-4,7H2,1-2H3. The molecule has 0 spiro atoms. The molecule has 0 fully saturated rings. The number of Topliss-reactive ketones (excluding diaryl/α,β-unsaturated/α-hetero) is 2. The van der Waals surface area contributed by atoms with E-state index in [1.165, 1.54) is 12.4 Å². The zero-order valence-electron chi connectivity index (χ0n) is 8.99. The molecule has 0 saturated heterocycles. The number of aromatic nitrogens is 2. The molecule has 0 aromatic carbocycles. The maximum Gasteiger partial charge on any atom is 0.190 e. The molecular formula is C11H14N2O2. The minimum atomic E-state index is -0.237. The average Bonchev–Trinajstić information content (AvgIpc) is 2.18. The number of rotatable bonds is 5. The van der Waals surface area contributed by atoms with Gasteiger partial charge in [0.15, 0.2) is 5.78 Å². The van der Waals surface area contributed by atoms with Crippen LogP contribution in [0.2, 0.25) is 0 Å². The first-order valence-electron chi connectivity index (χ1n) is 4.97. The van der Waals surface area contributed by atoms with Gasteiger partial charge in [-0.25, -0.2) is 4.98 Å². The molecule has 0 aliphatic carbocycles. The Labute approximate surface area is 88.7 Å². The third kappa shape index (κ3) is 3.23. The summed E-state index contributed by atoms with van der Waals surface area (Å²) in [5, 5.41) is 0. The first-order valence-corrected chi connectivity index (χ1v) is 4.97. The van der Waals surface area contributed by atoms with Crippen molar-refractivity contribution in [3.8, 4) is 0 Å². The van der Waals surface area contributed by atoms with Crippen molar-refractivity contribution in [2.45, 2.75) is 33.1 Å². The van der Waals surface area contributed by atoms with Crippen LogP contribution in [0.1, 0.15) is 42.4 Å². The summed E-state index contributed by atoms with van der Waals surface area (Å²) in [6, 6.07) is 0. The second-order valence-electron chi connectivity index (χ2n) is 3.38. The predicted molar refractivity (Wildman–Crippen MR) is 55.6 cm³/mol. The molecule has 1 heterocycles. The molecular weight excluding hydrogens is 192 g/mol. The van der Waals surface area contributed by atoms with E-state index in [4.69, 9.17) is 0 Å². The van der Waals surface area contributed by atoms with Crippen molar-refractivity contribution in [2.75, 3.05) is 0 Å². The van der Waals surface area contributed by atoms with Gasteiger partial charge in [0.1, 0.15) is 11.5 Å². The molecule has 0 aliphatic heterocycles. The number of nitrogens with zero attached hydrogens (tertiary/aromatic N) is 2. The second kappa shape index (κ2) is 5.34. The molecule has 4 heteroatoms. The number of aryl methyl sites for hydroxylation is 1. The van der Waals surface area contributed by atoms with E-state index in [0.29, 0.717) is 17.8 Å². The first kappa shape index (κ1) is 11.5. The molecule has 0 atom stereocenters. The molecule has 0 saturated carbocycles. The van der Waals surface area contributed by atoms with Gasteiger partial charge < -0.3 is 0 Å². The molecule has 0 unspecified atom stereocenters. The SMILES string of the molecule is CCCC(=O)CC(=O)c1nccnc1C. The van der Waals surface area contributed by atoms with Gasteiger partial charge in [0.2, 0.25) is 0 Å². The predicted octanol–water partition coefficient (Wildman–Crippen LogP) is 1.73. The Morgan fingerprint density at radius 2 is 1.93 bits per heavy atom. The average molecular weight is 206 g/mol. The Bertz CT molecular complexity index is 375. The van der Waals surface area contributed by atoms with Gasteiger partial charge in [0, 0.05) is 18.8 Å². The highest BCUT2D eigenvalue weighted by Gasteiger charge is 2.14. The minimum Gasteiger partial charge on any atom is -0.299 e. The van der Waals surface area contributed by atoms with Crippen LogP contribution in [0.15, 0.2) is 12.4 Å². The van der Waals surface area contributed by atoms with Crippen molar-refractivity contribution >= 4 is 11.6 Å². The molecule has 1 aromatic heterocycles. The molecule has 0 bridgehead atoms. The Morgan fingerprint density at radius 3 is 2.53 bits per heavy atom. The maximum atomic E-state index is 11.6. The third-order valence-corrected chi connectivity index (χ3v) is 2.03. The number of hydrogen-bond acceptors (Lipinski definition) is 4. The maximum absolute atomic E-state index is 11.6. The number of carbonyl (C=O) groups is 2. The van der Waals surface area contributed by atoms with Crippen LogP contribution in [0.3, 0.4) is 0 Å². The van der Waals surface area contributed by atoms with Gasteiger partial charge in [0.25, 0.3) is 0 Å². The normalized spacial score (nSPS) is 10.0. The summed E-state index contributed by atoms with van der Waals surface area (Å²) in [6.45, 7) is 3.63. The zero-order chi connectivity index (χ0) is 11.3. The van der Waals surface area contributed by atoms with Crippen molar-refractivity contribution in [1.82, 2.24) is 9.97 Å². The lowest BCUT2D eigenvalue weighted by molar-refractivity contribution is -0.118. The number of hydrogen-bond donors (Lipinski definition) is 0. The molecule has 4 nitrogen and oxygen atoms in total. The summed E-state index contributed by atoms with van der Waals surface area (Å²) >= 11 is 0. The molecule has 1 rings (SSSR count). The molecule has 0 aliphatic rings. The van der Waals surface area contributed by atoms with Gasteiger partial charge in [-0.3, -0.25) is 14.6 Å². The van der Waals surface area contributed by atoms with Crippen LogP contribution in [-0.2, 0) is 4.79 Å². The Balaban J connectivity index is 2.70. The summed E-state index contributed by atoms with van der Waals surface area (Å²) in [6.07, 6.45) is 4.15. The topological polar surface area (TPSA) is 59.9 Å². The van der Waals surface area contributed by atoms with E-state index >= 15 is 0 Å². The molecule has 0 radical (unpaired) electrons. The van der Waals surface area contributed by atoms with E-state index in [2.05, 4.69) is 9.97 Å². The quantitative estimate of drug-likeness (QED) is 0.543. The molecule has 1 aromatic rings. The summed E-state index contributed by atoms with van der Waals surface area (Å²) in [5.41, 5.74) is 0.883. The molecule has 0 N–H and O–H groups in total. The van der Waals surface area contributed by atoms with Crippen molar-refractivity contribution < 1.29 is 9.59 Å². The molecule has 15 heavy (non-hydrogen) atoms. The third-order valence-electron chi connectivity index (χ3n) is 2.03. The minimum absolute atomic E-state index is 0.0347. The highest BCUT2D eigenvalue weighted by atomic mass is 16.1. The van der Waals surface area contributed by atoms with E-state index in [1.807, 2.05) is 6.92 Å². The van der Waals surface area contributed by atoms with Crippen LogP contribution < -0.4 is 0 Å². The van der Waals surface area contributed by atoms with Gasteiger partial charge in [0.05, 0.1) is 12.1 Å². The lowest BCUT2D eigenvalue weighted by atomic mass is 10.1. The molecule has 80 valence electrons. The highest BCUT2D eigenvalue weighted by Crippen LogP contribution is 2.05. The van der Waals surface area contributed by atoms with Gasteiger partial charge in [-0.1, -0.05) is 6.92 Å². The van der Waals surface area contributed by atoms with Crippen LogP contribution in [0, 0.1) is 6.92 Å². The highest BCUT2D eigenvalue weighted by molar-refractivity contribution is 6.07. The summed E-state index contributed by atoms with van der Waals surface area (Å²) in [5.74, 6) is -0.272. The number of carbonyl (C=O) groups excluding carboxylic acids is 2. The summed E-state index contributed by atoms with van der Waals surface area (Å²) in [4.78, 5) is 30.8. The van der Waals surface area contributed by atoms with Gasteiger partial charge in [-0.15, -0.1) is 0 Å². The van der Waals surface area contributed by atoms with E-state index < -0.39 is 0 Å². The Kier molecular flexibility index (Phi) is 4.09. The van der Waals surface area contributed by atoms with Gasteiger partial charge in [-0.2, -0.15) is 0 Å². The van der Waals surface area contributed by atoms with Crippen molar-refractivity contribution in [2.24, 2.45) is 0 Å². The van der Waals surface area contributed by atoms with Crippen LogP contribution >= 0.6 is 0 Å². The lowest BCUT2D eigenvalue weighted by Crippen LogP contribution is -2.11. The van der Waals surface area contributed by atoms with E-state index in [1.54, 1.807) is 6.92 Å². The number of ketones is 2. The smallest absolute Gasteiger partial charge is 0.190 e. The van der Waals surface area contributed by atoms with E-state index in [9.17, 15) is 9.59 Å². The monoisotopic (exact) mass is 206 g/mol. The fourth-order valence-electron chi connectivity index (χ4n) is 1.31. The lowest BCUT2D eigenvalue weighted by Gasteiger charge is -2.01. The van der Waals surface area contributed by atoms with Crippen molar-refractivity contribution in [3.05, 3.63) is 23.8 Å². The molecule has 0 amide bonds. The first-order chi connectivity index (χ1) is 7.15. The van der Waals surface area contributed by atoms with Crippen LogP contribution in [0.5, 0.6) is 0 Å². The van der Waals surface area contributed by atoms with E-state index in [0.717, 1.165) is 6.42 Å². The van der Waals surface area contributed by atoms with Crippen molar-refractivity contribution in [1.29, 1.82) is 0 Å². The van der Waals surface area contributed by atoms with Crippen molar-refractivity contribution in [3.63, 3.8) is 0 Å². The fraction of sp³-hybridized carbons (Fsp3) is 0.455. The van der Waals surface area contributed by atoms with Gasteiger partial charge in [-0.05, 0) is 13.3 Å². The van der Waals surface area contributed by atoms with Gasteiger partial charge >= 0.3 is 0 Å².